The third-order valence-corrected chi connectivity index (χ3v) is 6.18. The van der Waals surface area contributed by atoms with E-state index in [0.29, 0.717) is 5.56 Å². The summed E-state index contributed by atoms with van der Waals surface area (Å²) in [5.74, 6) is -2.68. The number of hydrogen-bond acceptors (Lipinski definition) is 6. The van der Waals surface area contributed by atoms with Crippen molar-refractivity contribution in [1.82, 2.24) is 9.71 Å². The van der Waals surface area contributed by atoms with E-state index in [0.717, 1.165) is 12.1 Å². The lowest BCUT2D eigenvalue weighted by Crippen LogP contribution is -2.44. The van der Waals surface area contributed by atoms with E-state index < -0.39 is 45.3 Å². The second kappa shape index (κ2) is 11.0. The van der Waals surface area contributed by atoms with Crippen molar-refractivity contribution >= 4 is 39.2 Å². The Bertz CT molecular complexity index is 1240. The predicted molar refractivity (Wildman–Crippen MR) is 119 cm³/mol. The molecular weight excluding hydrogens is 473 g/mol. The molecule has 33 heavy (non-hydrogen) atoms. The Labute approximate surface area is 194 Å². The molecule has 0 spiro atoms. The van der Waals surface area contributed by atoms with Crippen LogP contribution in [0.1, 0.15) is 5.56 Å². The largest absolute Gasteiger partial charge is 0.454 e. The van der Waals surface area contributed by atoms with Crippen molar-refractivity contribution in [3.63, 3.8) is 0 Å². The number of nitrogens with zero attached hydrogens (tertiary/aromatic N) is 1. The van der Waals surface area contributed by atoms with Crippen LogP contribution in [0.2, 0.25) is 5.15 Å². The van der Waals surface area contributed by atoms with Gasteiger partial charge in [-0.05, 0) is 36.2 Å². The van der Waals surface area contributed by atoms with Gasteiger partial charge in [-0.15, -0.1) is 0 Å². The molecule has 0 aliphatic heterocycles. The molecule has 0 unspecified atom stereocenters. The Kier molecular flexibility index (Phi) is 8.10. The highest BCUT2D eigenvalue weighted by Crippen LogP contribution is 2.18. The highest BCUT2D eigenvalue weighted by molar-refractivity contribution is 7.89. The maximum atomic E-state index is 14.1. The summed E-state index contributed by atoms with van der Waals surface area (Å²) in [7, 11) is -4.40. The number of hydrogen-bond donors (Lipinski definition) is 2. The maximum absolute atomic E-state index is 14.1. The zero-order valence-electron chi connectivity index (χ0n) is 17.1. The first-order valence-corrected chi connectivity index (χ1v) is 11.5. The van der Waals surface area contributed by atoms with E-state index in [-0.39, 0.29) is 17.3 Å². The molecule has 1 heterocycles. The Morgan fingerprint density at radius 1 is 1.03 bits per heavy atom. The number of nitrogens with one attached hydrogen (secondary N) is 2. The van der Waals surface area contributed by atoms with Crippen molar-refractivity contribution in [2.75, 3.05) is 11.9 Å². The zero-order chi connectivity index (χ0) is 23.8. The predicted octanol–water partition coefficient (Wildman–Crippen LogP) is 2.95. The van der Waals surface area contributed by atoms with Gasteiger partial charge in [-0.3, -0.25) is 9.59 Å². The number of sulfonamides is 1. The minimum absolute atomic E-state index is 0.0526. The van der Waals surface area contributed by atoms with Crippen molar-refractivity contribution in [3.8, 4) is 0 Å². The van der Waals surface area contributed by atoms with E-state index in [2.05, 4.69) is 15.0 Å². The Hall–Kier alpha value is -3.34. The Morgan fingerprint density at radius 2 is 1.73 bits per heavy atom. The number of pyridine rings is 1. The summed E-state index contributed by atoms with van der Waals surface area (Å²) in [4.78, 5) is 28.0. The third-order valence-electron chi connectivity index (χ3n) is 4.37. The molecule has 8 nitrogen and oxygen atoms in total. The van der Waals surface area contributed by atoms with Crippen molar-refractivity contribution in [3.05, 3.63) is 89.5 Å². The van der Waals surface area contributed by atoms with Gasteiger partial charge in [0.15, 0.2) is 11.8 Å². The molecule has 0 aliphatic carbocycles. The second-order valence-electron chi connectivity index (χ2n) is 6.79. The summed E-state index contributed by atoms with van der Waals surface area (Å²) in [5.41, 5.74) is 0.851. The van der Waals surface area contributed by atoms with Gasteiger partial charge >= 0.3 is 5.97 Å². The average Bonchev–Trinajstić information content (AvgIpc) is 2.79. The molecule has 0 radical (unpaired) electrons. The minimum Gasteiger partial charge on any atom is -0.454 e. The lowest BCUT2D eigenvalue weighted by Gasteiger charge is -2.18. The van der Waals surface area contributed by atoms with Gasteiger partial charge in [0, 0.05) is 6.20 Å². The van der Waals surface area contributed by atoms with Gasteiger partial charge in [0.2, 0.25) is 10.0 Å². The van der Waals surface area contributed by atoms with Gasteiger partial charge in [-0.2, -0.15) is 4.72 Å². The average molecular weight is 492 g/mol. The van der Waals surface area contributed by atoms with Crippen LogP contribution in [0.5, 0.6) is 0 Å². The molecule has 0 saturated heterocycles. The third kappa shape index (κ3) is 6.82. The Balaban J connectivity index is 1.73. The first-order valence-electron chi connectivity index (χ1n) is 9.64. The van der Waals surface area contributed by atoms with E-state index in [4.69, 9.17) is 16.3 Å². The van der Waals surface area contributed by atoms with Crippen LogP contribution >= 0.6 is 11.6 Å². The van der Waals surface area contributed by atoms with E-state index in [1.165, 1.54) is 24.4 Å². The molecule has 1 atom stereocenters. The second-order valence-corrected chi connectivity index (χ2v) is 8.83. The zero-order valence-corrected chi connectivity index (χ0v) is 18.6. The molecular formula is C22H19ClFN3O5S. The number of esters is 1. The van der Waals surface area contributed by atoms with E-state index >= 15 is 0 Å². The van der Waals surface area contributed by atoms with E-state index in [1.807, 2.05) is 0 Å². The smallest absolute Gasteiger partial charge is 0.325 e. The van der Waals surface area contributed by atoms with E-state index in [9.17, 15) is 22.4 Å². The fourth-order valence-corrected chi connectivity index (χ4v) is 4.27. The molecule has 1 amide bonds. The van der Waals surface area contributed by atoms with Crippen LogP contribution in [0.25, 0.3) is 0 Å². The van der Waals surface area contributed by atoms with Crippen molar-refractivity contribution in [1.29, 1.82) is 0 Å². The number of amides is 1. The molecule has 0 bridgehead atoms. The number of halogens is 2. The first kappa shape index (κ1) is 24.3. The fourth-order valence-electron chi connectivity index (χ4n) is 2.84. The van der Waals surface area contributed by atoms with Crippen LogP contribution in [-0.4, -0.2) is 37.9 Å². The van der Waals surface area contributed by atoms with Crippen molar-refractivity contribution in [2.24, 2.45) is 0 Å². The summed E-state index contributed by atoms with van der Waals surface area (Å²) in [5, 5.41) is 2.49. The molecule has 0 aliphatic rings. The summed E-state index contributed by atoms with van der Waals surface area (Å²) in [6.45, 7) is -0.698. The molecule has 0 saturated carbocycles. The van der Waals surface area contributed by atoms with Gasteiger partial charge in [0.25, 0.3) is 5.91 Å². The molecule has 0 fully saturated rings. The van der Waals surface area contributed by atoms with Crippen LogP contribution < -0.4 is 10.0 Å². The molecule has 1 aromatic heterocycles. The van der Waals surface area contributed by atoms with Crippen molar-refractivity contribution < 1.29 is 27.1 Å². The molecule has 172 valence electrons. The van der Waals surface area contributed by atoms with Crippen LogP contribution in [0.3, 0.4) is 0 Å². The number of carbonyl (C=O) groups is 2. The number of rotatable bonds is 9. The number of benzene rings is 2. The monoisotopic (exact) mass is 491 g/mol. The van der Waals surface area contributed by atoms with Gasteiger partial charge in [-0.1, -0.05) is 54.1 Å². The minimum atomic E-state index is -4.40. The van der Waals surface area contributed by atoms with Gasteiger partial charge in [0.05, 0.1) is 5.69 Å². The lowest BCUT2D eigenvalue weighted by molar-refractivity contribution is -0.149. The molecule has 2 aromatic carbocycles. The van der Waals surface area contributed by atoms with Crippen molar-refractivity contribution in [2.45, 2.75) is 17.4 Å². The highest BCUT2D eigenvalue weighted by atomic mass is 35.5. The van der Waals surface area contributed by atoms with E-state index in [1.54, 1.807) is 36.4 Å². The first-order chi connectivity index (χ1) is 15.8. The number of carbonyl (C=O) groups excluding carboxylic acids is 2. The van der Waals surface area contributed by atoms with Gasteiger partial charge < -0.3 is 10.1 Å². The number of anilines is 1. The highest BCUT2D eigenvalue weighted by Gasteiger charge is 2.29. The maximum Gasteiger partial charge on any atom is 0.325 e. The summed E-state index contributed by atoms with van der Waals surface area (Å²) in [6.07, 6.45) is 1.36. The lowest BCUT2D eigenvalue weighted by atomic mass is 10.1. The Morgan fingerprint density at radius 3 is 2.42 bits per heavy atom. The molecule has 3 aromatic rings. The standard InChI is InChI=1S/C22H19ClFN3O5S/c23-21-17(10-6-12-25-21)26-20(28)14-32-22(29)18(13-15-7-2-1-3-8-15)27-33(30,31)19-11-5-4-9-16(19)24/h1-12,18,27H,13-14H2,(H,26,28)/t18-/m0/s1. The van der Waals surface area contributed by atoms with Crippen LogP contribution in [0.4, 0.5) is 10.1 Å². The molecule has 11 heteroatoms. The number of ether oxygens (including phenoxy) is 1. The van der Waals surface area contributed by atoms with Crippen LogP contribution in [0, 0.1) is 5.82 Å². The topological polar surface area (TPSA) is 114 Å². The van der Waals surface area contributed by atoms with Gasteiger partial charge in [0.1, 0.15) is 16.8 Å². The number of aromatic nitrogens is 1. The van der Waals surface area contributed by atoms with Gasteiger partial charge in [-0.25, -0.2) is 17.8 Å². The van der Waals surface area contributed by atoms with Crippen LogP contribution in [-0.2, 0) is 30.8 Å². The fraction of sp³-hybridized carbons (Fsp3) is 0.136. The quantitative estimate of drug-likeness (QED) is 0.351. The van der Waals surface area contributed by atoms with Crippen LogP contribution in [0.15, 0.2) is 77.8 Å². The molecule has 2 N–H and O–H groups in total. The summed E-state index contributed by atoms with van der Waals surface area (Å²) in [6, 6.07) is 15.0. The normalized spacial score (nSPS) is 12.1. The SMILES string of the molecule is O=C(COC(=O)[C@H](Cc1ccccc1)NS(=O)(=O)c1ccccc1F)Nc1cccnc1Cl. The summed E-state index contributed by atoms with van der Waals surface area (Å²) < 4.78 is 46.7. The summed E-state index contributed by atoms with van der Waals surface area (Å²) >= 11 is 5.87. The molecule has 3 rings (SSSR count).